The molecule has 122 valence electrons. The van der Waals surface area contributed by atoms with Crippen LogP contribution in [0.4, 0.5) is 9.18 Å². The number of hydrogen-bond donors (Lipinski definition) is 3. The topological polar surface area (TPSA) is 61.4 Å². The van der Waals surface area contributed by atoms with E-state index in [0.717, 1.165) is 16.7 Å². The lowest BCUT2D eigenvalue weighted by Crippen LogP contribution is -2.34. The summed E-state index contributed by atoms with van der Waals surface area (Å²) in [5.41, 5.74) is 1.71. The summed E-state index contributed by atoms with van der Waals surface area (Å²) in [4.78, 5) is 11.7. The van der Waals surface area contributed by atoms with Crippen LogP contribution in [0.25, 0.3) is 0 Å². The second-order valence-electron chi connectivity index (χ2n) is 5.92. The SMILES string of the molecule is CC(C)(O)c1ccc(CNC(=O)NCc2ccc(F)cc2)cc1. The van der Waals surface area contributed by atoms with Crippen LogP contribution in [0.1, 0.15) is 30.5 Å². The molecule has 0 bridgehead atoms. The van der Waals surface area contributed by atoms with Crippen LogP contribution in [0.15, 0.2) is 48.5 Å². The van der Waals surface area contributed by atoms with E-state index in [1.165, 1.54) is 12.1 Å². The number of hydrogen-bond acceptors (Lipinski definition) is 2. The number of aliphatic hydroxyl groups is 1. The van der Waals surface area contributed by atoms with Crippen LogP contribution in [0.5, 0.6) is 0 Å². The molecule has 0 aliphatic carbocycles. The molecule has 0 heterocycles. The van der Waals surface area contributed by atoms with Crippen LogP contribution in [0.2, 0.25) is 0 Å². The zero-order valence-corrected chi connectivity index (χ0v) is 13.3. The van der Waals surface area contributed by atoms with Crippen LogP contribution in [-0.4, -0.2) is 11.1 Å². The van der Waals surface area contributed by atoms with Crippen LogP contribution >= 0.6 is 0 Å². The van der Waals surface area contributed by atoms with Gasteiger partial charge in [-0.2, -0.15) is 0 Å². The molecule has 0 aliphatic heterocycles. The van der Waals surface area contributed by atoms with E-state index in [0.29, 0.717) is 13.1 Å². The van der Waals surface area contributed by atoms with Gasteiger partial charge in [-0.25, -0.2) is 9.18 Å². The molecule has 0 radical (unpaired) electrons. The summed E-state index contributed by atoms with van der Waals surface area (Å²) in [7, 11) is 0. The van der Waals surface area contributed by atoms with Gasteiger partial charge in [0.25, 0.3) is 0 Å². The lowest BCUT2D eigenvalue weighted by atomic mass is 9.97. The van der Waals surface area contributed by atoms with Gasteiger partial charge in [-0.1, -0.05) is 36.4 Å². The third kappa shape index (κ3) is 5.38. The van der Waals surface area contributed by atoms with Gasteiger partial charge in [0, 0.05) is 13.1 Å². The first-order valence-corrected chi connectivity index (χ1v) is 7.42. The van der Waals surface area contributed by atoms with E-state index in [9.17, 15) is 14.3 Å². The highest BCUT2D eigenvalue weighted by Crippen LogP contribution is 2.19. The minimum atomic E-state index is -0.876. The molecule has 2 aromatic rings. The molecule has 0 spiro atoms. The lowest BCUT2D eigenvalue weighted by molar-refractivity contribution is 0.0786. The predicted octanol–water partition coefficient (Wildman–Crippen LogP) is 3.05. The van der Waals surface area contributed by atoms with Crippen molar-refractivity contribution in [2.24, 2.45) is 0 Å². The summed E-state index contributed by atoms with van der Waals surface area (Å²) < 4.78 is 12.8. The van der Waals surface area contributed by atoms with Gasteiger partial charge in [0.1, 0.15) is 5.82 Å². The fourth-order valence-electron chi connectivity index (χ4n) is 2.06. The Kier molecular flexibility index (Phi) is 5.34. The first kappa shape index (κ1) is 17.0. The van der Waals surface area contributed by atoms with Gasteiger partial charge in [-0.3, -0.25) is 0 Å². The normalized spacial score (nSPS) is 11.1. The summed E-state index contributed by atoms with van der Waals surface area (Å²) in [5, 5.41) is 15.4. The van der Waals surface area contributed by atoms with Gasteiger partial charge in [0.05, 0.1) is 5.60 Å². The number of carbonyl (C=O) groups is 1. The Morgan fingerprint density at radius 1 is 0.957 bits per heavy atom. The zero-order valence-electron chi connectivity index (χ0n) is 13.3. The standard InChI is InChI=1S/C18H21FN2O2/c1-18(2,23)15-7-3-13(4-8-15)11-20-17(22)21-12-14-5-9-16(19)10-6-14/h3-10,23H,11-12H2,1-2H3,(H2,20,21,22). The first-order chi connectivity index (χ1) is 10.8. The summed E-state index contributed by atoms with van der Waals surface area (Å²) in [5.74, 6) is -0.298. The average Bonchev–Trinajstić information content (AvgIpc) is 2.52. The Balaban J connectivity index is 1.79. The maximum absolute atomic E-state index is 12.8. The molecule has 2 rings (SSSR count). The Hall–Kier alpha value is -2.40. The van der Waals surface area contributed by atoms with Crippen LogP contribution < -0.4 is 10.6 Å². The highest BCUT2D eigenvalue weighted by atomic mass is 19.1. The van der Waals surface area contributed by atoms with Gasteiger partial charge in [-0.05, 0) is 42.7 Å². The second-order valence-corrected chi connectivity index (χ2v) is 5.92. The summed E-state index contributed by atoms with van der Waals surface area (Å²) in [6, 6.07) is 13.1. The van der Waals surface area contributed by atoms with Crippen molar-refractivity contribution in [1.29, 1.82) is 0 Å². The van der Waals surface area contributed by atoms with Crippen molar-refractivity contribution in [3.63, 3.8) is 0 Å². The average molecular weight is 316 g/mol. The zero-order chi connectivity index (χ0) is 16.9. The molecule has 0 fully saturated rings. The fourth-order valence-corrected chi connectivity index (χ4v) is 2.06. The quantitative estimate of drug-likeness (QED) is 0.794. The largest absolute Gasteiger partial charge is 0.386 e. The van der Waals surface area contributed by atoms with Gasteiger partial charge >= 0.3 is 6.03 Å². The summed E-state index contributed by atoms with van der Waals surface area (Å²) >= 11 is 0. The molecule has 23 heavy (non-hydrogen) atoms. The van der Waals surface area contributed by atoms with Crippen molar-refractivity contribution in [3.8, 4) is 0 Å². The molecule has 0 unspecified atom stereocenters. The lowest BCUT2D eigenvalue weighted by Gasteiger charge is -2.18. The number of carbonyl (C=O) groups excluding carboxylic acids is 1. The van der Waals surface area contributed by atoms with E-state index in [4.69, 9.17) is 0 Å². The molecule has 2 aromatic carbocycles. The Bertz CT molecular complexity index is 646. The molecular formula is C18H21FN2O2. The minimum absolute atomic E-state index is 0.291. The van der Waals surface area contributed by atoms with Crippen molar-refractivity contribution >= 4 is 6.03 Å². The van der Waals surface area contributed by atoms with E-state index in [-0.39, 0.29) is 11.8 Å². The molecule has 3 N–H and O–H groups in total. The van der Waals surface area contributed by atoms with Crippen molar-refractivity contribution in [2.75, 3.05) is 0 Å². The van der Waals surface area contributed by atoms with Crippen molar-refractivity contribution < 1.29 is 14.3 Å². The summed E-state index contributed by atoms with van der Waals surface area (Å²) in [6.45, 7) is 4.18. The van der Waals surface area contributed by atoms with Crippen LogP contribution in [0.3, 0.4) is 0 Å². The molecule has 0 atom stereocenters. The molecule has 5 heteroatoms. The van der Waals surface area contributed by atoms with Gasteiger partial charge < -0.3 is 15.7 Å². The molecule has 0 saturated heterocycles. The number of amides is 2. The third-order valence-electron chi connectivity index (χ3n) is 3.48. The molecular weight excluding hydrogens is 295 g/mol. The molecule has 0 saturated carbocycles. The van der Waals surface area contributed by atoms with Crippen molar-refractivity contribution in [2.45, 2.75) is 32.5 Å². The van der Waals surface area contributed by atoms with E-state index in [1.54, 1.807) is 26.0 Å². The monoisotopic (exact) mass is 316 g/mol. The van der Waals surface area contributed by atoms with Crippen LogP contribution in [0, 0.1) is 5.82 Å². The number of nitrogens with one attached hydrogen (secondary N) is 2. The summed E-state index contributed by atoms with van der Waals surface area (Å²) in [6.07, 6.45) is 0. The fraction of sp³-hybridized carbons (Fsp3) is 0.278. The van der Waals surface area contributed by atoms with Crippen molar-refractivity contribution in [1.82, 2.24) is 10.6 Å². The van der Waals surface area contributed by atoms with Gasteiger partial charge in [0.2, 0.25) is 0 Å². The van der Waals surface area contributed by atoms with Gasteiger partial charge in [-0.15, -0.1) is 0 Å². The number of urea groups is 1. The Morgan fingerprint density at radius 2 is 1.39 bits per heavy atom. The highest BCUT2D eigenvalue weighted by molar-refractivity contribution is 5.73. The van der Waals surface area contributed by atoms with Crippen LogP contribution in [-0.2, 0) is 18.7 Å². The smallest absolute Gasteiger partial charge is 0.315 e. The second kappa shape index (κ2) is 7.24. The number of halogens is 1. The van der Waals surface area contributed by atoms with E-state index in [1.807, 2.05) is 24.3 Å². The molecule has 0 aliphatic rings. The third-order valence-corrected chi connectivity index (χ3v) is 3.48. The Labute approximate surface area is 135 Å². The van der Waals surface area contributed by atoms with Crippen molar-refractivity contribution in [3.05, 3.63) is 71.0 Å². The molecule has 2 amide bonds. The number of rotatable bonds is 5. The predicted molar refractivity (Wildman–Crippen MR) is 87.2 cm³/mol. The van der Waals surface area contributed by atoms with E-state index < -0.39 is 5.60 Å². The Morgan fingerprint density at radius 3 is 1.83 bits per heavy atom. The first-order valence-electron chi connectivity index (χ1n) is 7.42. The number of benzene rings is 2. The van der Waals surface area contributed by atoms with E-state index >= 15 is 0 Å². The van der Waals surface area contributed by atoms with E-state index in [2.05, 4.69) is 10.6 Å². The molecule has 4 nitrogen and oxygen atoms in total. The van der Waals surface area contributed by atoms with Gasteiger partial charge in [0.15, 0.2) is 0 Å². The minimum Gasteiger partial charge on any atom is -0.386 e. The maximum atomic E-state index is 12.8. The molecule has 0 aromatic heterocycles. The maximum Gasteiger partial charge on any atom is 0.315 e. The highest BCUT2D eigenvalue weighted by Gasteiger charge is 2.15.